The quantitative estimate of drug-likeness (QED) is 0.123. The number of carbonyl (C=O) groups is 3. The number of hydrogen-bond acceptors (Lipinski definition) is 9. The van der Waals surface area contributed by atoms with Gasteiger partial charge in [0.25, 0.3) is 0 Å². The van der Waals surface area contributed by atoms with Crippen LogP contribution >= 0.6 is 15.9 Å². The van der Waals surface area contributed by atoms with Crippen LogP contribution in [0.2, 0.25) is 0 Å². The smallest absolute Gasteiger partial charge is 0.246 e. The highest BCUT2D eigenvalue weighted by Gasteiger charge is 2.84. The molecule has 320 valence electrons. The van der Waals surface area contributed by atoms with Gasteiger partial charge in [-0.1, -0.05) is 53.6 Å². The Balaban J connectivity index is 1.36. The van der Waals surface area contributed by atoms with Gasteiger partial charge in [0.05, 0.1) is 40.7 Å². The molecule has 0 radical (unpaired) electrons. The average Bonchev–Trinajstić information content (AvgIpc) is 3.58. The standard InChI is InChI=1S/C50H55BrN2O8/c1-26(2)12-11-19-48(8)20-18-32-42(59-48)31(16-15-27(3)4)44-37(43(32)58-25-51)40-38-35(36-39(53-40)29-13-9-10-14-30(29)41(36)55)33-24-34-47(6,7)61-49(45(33)56,50(34,38)60-44)21-17-28(5)46(57)52-22-23-54/h9-10,12-15,17-18,20,33-36,54H,11,16,19,21-25H2,1-8H3,(H,52,57)/b28-17-. The van der Waals surface area contributed by atoms with Crippen molar-refractivity contribution in [1.82, 2.24) is 5.32 Å². The van der Waals surface area contributed by atoms with Crippen LogP contribution in [0.25, 0.3) is 11.8 Å². The minimum atomic E-state index is -1.57. The number of rotatable bonds is 12. The van der Waals surface area contributed by atoms with E-state index in [0.29, 0.717) is 58.2 Å². The summed E-state index contributed by atoms with van der Waals surface area (Å²) in [6, 6.07) is 7.62. The third kappa shape index (κ3) is 6.00. The number of aliphatic hydroxyl groups is 1. The summed E-state index contributed by atoms with van der Waals surface area (Å²) >= 11 is 3.59. The summed E-state index contributed by atoms with van der Waals surface area (Å²) < 4.78 is 28.9. The maximum absolute atomic E-state index is 15.8. The van der Waals surface area contributed by atoms with Gasteiger partial charge < -0.3 is 29.4 Å². The first-order chi connectivity index (χ1) is 29.0. The van der Waals surface area contributed by atoms with E-state index in [4.69, 9.17) is 23.9 Å². The van der Waals surface area contributed by atoms with Crippen LogP contribution in [-0.2, 0) is 20.7 Å². The van der Waals surface area contributed by atoms with Gasteiger partial charge in [0, 0.05) is 58.6 Å². The molecule has 10 rings (SSSR count). The molecule has 8 aliphatic rings. The molecule has 2 aromatic carbocycles. The van der Waals surface area contributed by atoms with E-state index in [-0.39, 0.29) is 48.5 Å². The molecule has 10 nitrogen and oxygen atoms in total. The van der Waals surface area contributed by atoms with Crippen molar-refractivity contribution in [2.24, 2.45) is 28.7 Å². The molecule has 7 atom stereocenters. The lowest BCUT2D eigenvalue weighted by Crippen LogP contribution is -2.75. The van der Waals surface area contributed by atoms with Crippen LogP contribution in [0.15, 0.2) is 75.9 Å². The number of ether oxygens (including phenoxy) is 4. The van der Waals surface area contributed by atoms with Crippen molar-refractivity contribution >= 4 is 50.9 Å². The SMILES string of the molecule is CC(C)=CCCC1(C)C=Cc2c(c(CC=C(C)C)c3c(c2OCBr)C2=C4C(C5CC6C(C)(C)OC(C/C=C(/C)C(=O)NCCO)(C5=O)C46O3)C3C(=O)c4ccccc4C3=N2)O1. The number of nitrogens with one attached hydrogen (secondary N) is 1. The number of hydrogen-bond donors (Lipinski definition) is 2. The molecule has 1 spiro atoms. The number of ketones is 2. The van der Waals surface area contributed by atoms with Crippen molar-refractivity contribution in [1.29, 1.82) is 0 Å². The van der Waals surface area contributed by atoms with Crippen LogP contribution in [-0.4, -0.2) is 69.4 Å². The second-order valence-corrected chi connectivity index (χ2v) is 19.4. The molecule has 4 bridgehead atoms. The summed E-state index contributed by atoms with van der Waals surface area (Å²) in [5, 5.41) is 12.2. The molecule has 4 aliphatic carbocycles. The second-order valence-electron chi connectivity index (χ2n) is 18.9. The molecule has 2 aromatic rings. The van der Waals surface area contributed by atoms with E-state index in [9.17, 15) is 14.7 Å². The van der Waals surface area contributed by atoms with Gasteiger partial charge in [0.1, 0.15) is 28.4 Å². The zero-order valence-electron chi connectivity index (χ0n) is 36.3. The topological polar surface area (TPSA) is 133 Å². The molecule has 1 saturated heterocycles. The number of halogens is 1. The Morgan fingerprint density at radius 2 is 1.75 bits per heavy atom. The summed E-state index contributed by atoms with van der Waals surface area (Å²) in [6.07, 6.45) is 12.9. The summed E-state index contributed by atoms with van der Waals surface area (Å²) in [5.74, 6) is -0.901. The summed E-state index contributed by atoms with van der Waals surface area (Å²) in [5.41, 5.74) is 4.23. The van der Waals surface area contributed by atoms with Gasteiger partial charge in [-0.05, 0) is 109 Å². The van der Waals surface area contributed by atoms with Crippen molar-refractivity contribution in [3.63, 3.8) is 0 Å². The normalized spacial score (nSPS) is 30.3. The van der Waals surface area contributed by atoms with Gasteiger partial charge in [0.2, 0.25) is 5.91 Å². The lowest BCUT2D eigenvalue weighted by atomic mass is 9.43. The Bertz CT molecular complexity index is 2480. The highest BCUT2D eigenvalue weighted by atomic mass is 79.9. The lowest BCUT2D eigenvalue weighted by molar-refractivity contribution is -0.182. The van der Waals surface area contributed by atoms with Crippen LogP contribution in [0.1, 0.15) is 114 Å². The fourth-order valence-electron chi connectivity index (χ4n) is 11.5. The number of Topliss-reactive ketones (excluding diaryl/α,β-unsaturated/α-hetero) is 2. The number of alkyl halides is 1. The Morgan fingerprint density at radius 1 is 1.02 bits per heavy atom. The van der Waals surface area contributed by atoms with Crippen LogP contribution < -0.4 is 19.5 Å². The molecule has 1 amide bonds. The van der Waals surface area contributed by atoms with Gasteiger partial charge in [0.15, 0.2) is 22.8 Å². The van der Waals surface area contributed by atoms with Crippen LogP contribution in [0.5, 0.6) is 17.2 Å². The van der Waals surface area contributed by atoms with Gasteiger partial charge in [-0.3, -0.25) is 19.4 Å². The van der Waals surface area contributed by atoms with E-state index in [1.165, 1.54) is 5.57 Å². The van der Waals surface area contributed by atoms with E-state index < -0.39 is 40.2 Å². The molecular formula is C50H55BrN2O8. The fourth-order valence-corrected chi connectivity index (χ4v) is 11.8. The van der Waals surface area contributed by atoms with Crippen LogP contribution in [0, 0.1) is 23.7 Å². The molecule has 4 heterocycles. The number of fused-ring (bicyclic) bond motifs is 6. The zero-order valence-corrected chi connectivity index (χ0v) is 37.9. The lowest BCUT2D eigenvalue weighted by Gasteiger charge is -2.62. The molecule has 11 heteroatoms. The maximum atomic E-state index is 15.8. The molecule has 2 N–H and O–H groups in total. The van der Waals surface area contributed by atoms with E-state index in [1.807, 2.05) is 38.1 Å². The summed E-state index contributed by atoms with van der Waals surface area (Å²) in [4.78, 5) is 49.3. The van der Waals surface area contributed by atoms with Gasteiger partial charge in [-0.15, -0.1) is 0 Å². The van der Waals surface area contributed by atoms with Crippen molar-refractivity contribution < 1.29 is 38.4 Å². The zero-order chi connectivity index (χ0) is 43.4. The minimum Gasteiger partial charge on any atom is -0.482 e. The number of aliphatic imine (C=N–C) groups is 1. The molecule has 7 unspecified atom stereocenters. The van der Waals surface area contributed by atoms with Gasteiger partial charge in [-0.2, -0.15) is 0 Å². The minimum absolute atomic E-state index is 0.0413. The highest BCUT2D eigenvalue weighted by Crippen LogP contribution is 2.74. The molecule has 61 heavy (non-hydrogen) atoms. The van der Waals surface area contributed by atoms with Crippen LogP contribution in [0.3, 0.4) is 0 Å². The van der Waals surface area contributed by atoms with E-state index in [2.05, 4.69) is 80.2 Å². The van der Waals surface area contributed by atoms with Crippen LogP contribution in [0.4, 0.5) is 0 Å². The van der Waals surface area contributed by atoms with Crippen molar-refractivity contribution in [3.05, 3.63) is 98.7 Å². The first-order valence-corrected chi connectivity index (χ1v) is 22.7. The van der Waals surface area contributed by atoms with E-state index >= 15 is 4.79 Å². The number of allylic oxidation sites excluding steroid dienone is 4. The predicted molar refractivity (Wildman–Crippen MR) is 238 cm³/mol. The fraction of sp³-hybridized carbons (Fsp3) is 0.480. The average molecular weight is 892 g/mol. The third-order valence-electron chi connectivity index (χ3n) is 14.1. The summed E-state index contributed by atoms with van der Waals surface area (Å²) in [7, 11) is 0. The number of amides is 1. The number of carbonyl (C=O) groups excluding carboxylic acids is 3. The Hall–Kier alpha value is -4.58. The second kappa shape index (κ2) is 14.8. The van der Waals surface area contributed by atoms with Crippen molar-refractivity contribution in [2.75, 3.05) is 18.7 Å². The maximum Gasteiger partial charge on any atom is 0.246 e. The first-order valence-electron chi connectivity index (χ1n) is 21.6. The van der Waals surface area contributed by atoms with Crippen molar-refractivity contribution in [3.8, 4) is 17.2 Å². The van der Waals surface area contributed by atoms with Crippen molar-refractivity contribution in [2.45, 2.75) is 110 Å². The third-order valence-corrected chi connectivity index (χ3v) is 14.4. The van der Waals surface area contributed by atoms with Gasteiger partial charge >= 0.3 is 0 Å². The van der Waals surface area contributed by atoms with Gasteiger partial charge in [-0.25, -0.2) is 0 Å². The Kier molecular flexibility index (Phi) is 10.1. The number of benzene rings is 2. The van der Waals surface area contributed by atoms with E-state index in [1.54, 1.807) is 13.0 Å². The Labute approximate surface area is 366 Å². The van der Waals surface area contributed by atoms with E-state index in [0.717, 1.165) is 40.7 Å². The predicted octanol–water partition coefficient (Wildman–Crippen LogP) is 8.82. The molecule has 4 fully saturated rings. The summed E-state index contributed by atoms with van der Waals surface area (Å²) in [6.45, 7) is 16.1. The number of nitrogens with zero attached hydrogens (tertiary/aromatic N) is 1. The monoisotopic (exact) mass is 890 g/mol. The molecule has 4 aliphatic heterocycles. The molecule has 0 aromatic heterocycles. The molecule has 3 saturated carbocycles. The highest BCUT2D eigenvalue weighted by molar-refractivity contribution is 9.09. The molecular weight excluding hydrogens is 836 g/mol. The first kappa shape index (κ1) is 41.8. The Morgan fingerprint density at radius 3 is 2.46 bits per heavy atom. The number of aliphatic hydroxyl groups excluding tert-OH is 1. The largest absolute Gasteiger partial charge is 0.482 e.